The van der Waals surface area contributed by atoms with Crippen molar-refractivity contribution in [3.05, 3.63) is 58.9 Å². The van der Waals surface area contributed by atoms with E-state index in [1.165, 1.54) is 19.1 Å². The van der Waals surface area contributed by atoms with Gasteiger partial charge in [0, 0.05) is 0 Å². The van der Waals surface area contributed by atoms with Gasteiger partial charge in [-0.15, -0.1) is 0 Å². The molecule has 0 aliphatic carbocycles. The van der Waals surface area contributed by atoms with Crippen LogP contribution in [0.3, 0.4) is 0 Å². The molecule has 0 saturated carbocycles. The highest BCUT2D eigenvalue weighted by Crippen LogP contribution is 2.24. The maximum Gasteiger partial charge on any atom is 0.261 e. The molecule has 0 fully saturated rings. The first kappa shape index (κ1) is 14.5. The largest absolute Gasteiger partial charge is 0.279 e. The number of benzene rings is 2. The number of hydrogen-bond acceptors (Lipinski definition) is 2. The van der Waals surface area contributed by atoms with Gasteiger partial charge in [-0.3, -0.25) is 4.72 Å². The average Bonchev–Trinajstić information content (AvgIpc) is 2.37. The van der Waals surface area contributed by atoms with Crippen LogP contribution in [0, 0.1) is 26.6 Å². The van der Waals surface area contributed by atoms with Gasteiger partial charge in [-0.2, -0.15) is 0 Å². The summed E-state index contributed by atoms with van der Waals surface area (Å²) < 4.78 is 40.5. The molecule has 106 valence electrons. The fourth-order valence-corrected chi connectivity index (χ4v) is 3.24. The van der Waals surface area contributed by atoms with Crippen LogP contribution in [-0.2, 0) is 10.0 Å². The summed E-state index contributed by atoms with van der Waals surface area (Å²) in [7, 11) is -3.71. The Kier molecular flexibility index (Phi) is 3.81. The number of hydrogen-bond donors (Lipinski definition) is 1. The van der Waals surface area contributed by atoms with Crippen LogP contribution < -0.4 is 4.72 Å². The quantitative estimate of drug-likeness (QED) is 0.940. The van der Waals surface area contributed by atoms with E-state index in [-0.39, 0.29) is 4.90 Å². The van der Waals surface area contributed by atoms with Gasteiger partial charge in [0.1, 0.15) is 5.82 Å². The lowest BCUT2D eigenvalue weighted by atomic mass is 10.1. The summed E-state index contributed by atoms with van der Waals surface area (Å²) in [5, 5.41) is 0. The second-order valence-electron chi connectivity index (χ2n) is 4.78. The molecule has 0 atom stereocenters. The lowest BCUT2D eigenvalue weighted by Gasteiger charge is -2.13. The van der Waals surface area contributed by atoms with Crippen molar-refractivity contribution in [2.75, 3.05) is 4.72 Å². The normalized spacial score (nSPS) is 11.4. The molecule has 0 spiro atoms. The van der Waals surface area contributed by atoms with Crippen molar-refractivity contribution in [1.82, 2.24) is 0 Å². The Morgan fingerprint density at radius 3 is 2.10 bits per heavy atom. The minimum atomic E-state index is -3.71. The molecule has 2 rings (SSSR count). The van der Waals surface area contributed by atoms with Gasteiger partial charge in [0.25, 0.3) is 10.0 Å². The predicted molar refractivity (Wildman–Crippen MR) is 77.9 cm³/mol. The van der Waals surface area contributed by atoms with Gasteiger partial charge in [0.05, 0.1) is 10.6 Å². The van der Waals surface area contributed by atoms with E-state index in [0.29, 0.717) is 11.3 Å². The van der Waals surface area contributed by atoms with E-state index in [9.17, 15) is 12.8 Å². The molecule has 1 N–H and O–H groups in total. The molecule has 0 amide bonds. The van der Waals surface area contributed by atoms with Crippen molar-refractivity contribution in [3.8, 4) is 0 Å². The minimum absolute atomic E-state index is 0.0547. The van der Waals surface area contributed by atoms with Gasteiger partial charge in [-0.25, -0.2) is 12.8 Å². The summed E-state index contributed by atoms with van der Waals surface area (Å²) >= 11 is 0. The van der Waals surface area contributed by atoms with Crippen LogP contribution in [0.4, 0.5) is 10.1 Å². The molecular weight excluding hydrogens is 277 g/mol. The van der Waals surface area contributed by atoms with Gasteiger partial charge in [-0.1, -0.05) is 18.2 Å². The third-order valence-electron chi connectivity index (χ3n) is 3.16. The van der Waals surface area contributed by atoms with Crippen LogP contribution in [-0.4, -0.2) is 8.42 Å². The zero-order valence-corrected chi connectivity index (χ0v) is 12.4. The lowest BCUT2D eigenvalue weighted by molar-refractivity contribution is 0.598. The molecule has 2 aromatic carbocycles. The monoisotopic (exact) mass is 293 g/mol. The number of rotatable bonds is 3. The summed E-state index contributed by atoms with van der Waals surface area (Å²) in [5.74, 6) is -0.420. The molecule has 0 aromatic heterocycles. The molecule has 0 aliphatic rings. The Balaban J connectivity index is 2.43. The molecule has 0 heterocycles. The van der Waals surface area contributed by atoms with Crippen LogP contribution >= 0.6 is 0 Å². The summed E-state index contributed by atoms with van der Waals surface area (Å²) in [4.78, 5) is 0.0547. The van der Waals surface area contributed by atoms with Crippen molar-refractivity contribution in [3.63, 3.8) is 0 Å². The van der Waals surface area contributed by atoms with Crippen molar-refractivity contribution >= 4 is 15.7 Å². The van der Waals surface area contributed by atoms with E-state index in [0.717, 1.165) is 17.2 Å². The molecule has 0 radical (unpaired) electrons. The Morgan fingerprint density at radius 2 is 1.55 bits per heavy atom. The SMILES string of the molecule is Cc1cc(S(=O)(=O)Nc2c(C)cccc2C)ccc1F. The standard InChI is InChI=1S/C15H16FNO2S/c1-10-5-4-6-11(2)15(10)17-20(18,19)13-7-8-14(16)12(3)9-13/h4-9,17H,1-3H3. The highest BCUT2D eigenvalue weighted by atomic mass is 32.2. The van der Waals surface area contributed by atoms with Crippen molar-refractivity contribution in [2.24, 2.45) is 0 Å². The van der Waals surface area contributed by atoms with Crippen molar-refractivity contribution < 1.29 is 12.8 Å². The van der Waals surface area contributed by atoms with Crippen molar-refractivity contribution in [1.29, 1.82) is 0 Å². The third kappa shape index (κ3) is 2.82. The van der Waals surface area contributed by atoms with E-state index in [4.69, 9.17) is 0 Å². The zero-order valence-electron chi connectivity index (χ0n) is 11.6. The molecular formula is C15H16FNO2S. The minimum Gasteiger partial charge on any atom is -0.279 e. The average molecular weight is 293 g/mol. The van der Waals surface area contributed by atoms with Crippen LogP contribution in [0.5, 0.6) is 0 Å². The number of sulfonamides is 1. The summed E-state index contributed by atoms with van der Waals surface area (Å²) in [6.45, 7) is 5.20. The summed E-state index contributed by atoms with van der Waals surface area (Å²) in [6, 6.07) is 9.28. The molecule has 0 saturated heterocycles. The number of nitrogens with one attached hydrogen (secondary N) is 1. The highest BCUT2D eigenvalue weighted by Gasteiger charge is 2.17. The van der Waals surface area contributed by atoms with Gasteiger partial charge in [0.2, 0.25) is 0 Å². The molecule has 2 aromatic rings. The lowest BCUT2D eigenvalue weighted by Crippen LogP contribution is -2.15. The van der Waals surface area contributed by atoms with Crippen molar-refractivity contribution in [2.45, 2.75) is 25.7 Å². The first-order valence-electron chi connectivity index (χ1n) is 6.16. The molecule has 20 heavy (non-hydrogen) atoms. The predicted octanol–water partition coefficient (Wildman–Crippen LogP) is 3.55. The Labute approximate surface area is 118 Å². The fourth-order valence-electron chi connectivity index (χ4n) is 1.95. The maximum atomic E-state index is 13.2. The van der Waals surface area contributed by atoms with E-state index in [1.54, 1.807) is 0 Å². The van der Waals surface area contributed by atoms with E-state index >= 15 is 0 Å². The molecule has 0 unspecified atom stereocenters. The topological polar surface area (TPSA) is 46.2 Å². The van der Waals surface area contributed by atoms with Gasteiger partial charge < -0.3 is 0 Å². The number of anilines is 1. The van der Waals surface area contributed by atoms with E-state index in [1.807, 2.05) is 32.0 Å². The second kappa shape index (κ2) is 5.25. The fraction of sp³-hybridized carbons (Fsp3) is 0.200. The first-order chi connectivity index (χ1) is 9.31. The maximum absolute atomic E-state index is 13.2. The Morgan fingerprint density at radius 1 is 0.950 bits per heavy atom. The molecule has 0 bridgehead atoms. The van der Waals surface area contributed by atoms with Gasteiger partial charge >= 0.3 is 0 Å². The number of para-hydroxylation sites is 1. The van der Waals surface area contributed by atoms with E-state index < -0.39 is 15.8 Å². The Hall–Kier alpha value is -1.88. The Bertz CT molecular complexity index is 734. The smallest absolute Gasteiger partial charge is 0.261 e. The summed E-state index contributed by atoms with van der Waals surface area (Å²) in [5.41, 5.74) is 2.55. The molecule has 0 aliphatic heterocycles. The van der Waals surface area contributed by atoms with Crippen LogP contribution in [0.25, 0.3) is 0 Å². The molecule has 5 heteroatoms. The van der Waals surface area contributed by atoms with Crippen LogP contribution in [0.1, 0.15) is 16.7 Å². The number of aryl methyl sites for hydroxylation is 3. The van der Waals surface area contributed by atoms with E-state index in [2.05, 4.69) is 4.72 Å². The van der Waals surface area contributed by atoms with Crippen LogP contribution in [0.2, 0.25) is 0 Å². The molecule has 3 nitrogen and oxygen atoms in total. The highest BCUT2D eigenvalue weighted by molar-refractivity contribution is 7.92. The third-order valence-corrected chi connectivity index (χ3v) is 4.50. The second-order valence-corrected chi connectivity index (χ2v) is 6.47. The van der Waals surface area contributed by atoms with Crippen LogP contribution in [0.15, 0.2) is 41.3 Å². The zero-order chi connectivity index (χ0) is 14.9. The first-order valence-corrected chi connectivity index (χ1v) is 7.65. The summed E-state index contributed by atoms with van der Waals surface area (Å²) in [6.07, 6.45) is 0. The van der Waals surface area contributed by atoms with Gasteiger partial charge in [-0.05, 0) is 55.7 Å². The van der Waals surface area contributed by atoms with Gasteiger partial charge in [0.15, 0.2) is 0 Å². The number of halogens is 1.